The van der Waals surface area contributed by atoms with E-state index in [2.05, 4.69) is 61.3 Å². The summed E-state index contributed by atoms with van der Waals surface area (Å²) in [5, 5.41) is 0. The van der Waals surface area contributed by atoms with E-state index in [4.69, 9.17) is 0 Å². The molecule has 0 bridgehead atoms. The molecule has 2 nitrogen and oxygen atoms in total. The summed E-state index contributed by atoms with van der Waals surface area (Å²) in [6.07, 6.45) is 1.14. The number of nitrogens with zero attached hydrogens (tertiary/aromatic N) is 2. The largest absolute Gasteiger partial charge is 0.308 e. The van der Waals surface area contributed by atoms with Gasteiger partial charge < -0.3 is 9.80 Å². The molecule has 0 saturated heterocycles. The number of hydrogen-bond donors (Lipinski definition) is 0. The van der Waals surface area contributed by atoms with Crippen molar-refractivity contribution in [3.8, 4) is 0 Å². The molecule has 0 amide bonds. The summed E-state index contributed by atoms with van der Waals surface area (Å²) in [6, 6.07) is 10.7. The van der Waals surface area contributed by atoms with E-state index < -0.39 is 0 Å². The maximum absolute atomic E-state index is 2.38. The second-order valence-electron chi connectivity index (χ2n) is 4.34. The van der Waals surface area contributed by atoms with Gasteiger partial charge >= 0.3 is 0 Å². The molecule has 0 aromatic heterocycles. The van der Waals surface area contributed by atoms with Crippen molar-refractivity contribution in [3.63, 3.8) is 0 Å². The Balaban J connectivity index is 2.19. The van der Waals surface area contributed by atoms with Gasteiger partial charge in [0.15, 0.2) is 0 Å². The van der Waals surface area contributed by atoms with Gasteiger partial charge in [-0.15, -0.1) is 0 Å². The fourth-order valence-corrected chi connectivity index (χ4v) is 1.45. The van der Waals surface area contributed by atoms with E-state index in [1.54, 1.807) is 0 Å². The molecule has 0 unspecified atom stereocenters. The molecule has 0 spiro atoms. The Bertz CT molecular complexity index is 256. The monoisotopic (exact) mass is 206 g/mol. The molecule has 0 saturated carbocycles. The fourth-order valence-electron chi connectivity index (χ4n) is 1.45. The average molecular weight is 206 g/mol. The Labute approximate surface area is 93.5 Å². The molecular weight excluding hydrogens is 184 g/mol. The van der Waals surface area contributed by atoms with Crippen LogP contribution >= 0.6 is 0 Å². The minimum atomic E-state index is 1.13. The predicted octanol–water partition coefficient (Wildman–Crippen LogP) is 1.72. The first-order valence-electron chi connectivity index (χ1n) is 5.55. The first-order chi connectivity index (χ1) is 7.18. The highest BCUT2D eigenvalue weighted by molar-refractivity contribution is 5.14. The molecule has 84 valence electrons. The van der Waals surface area contributed by atoms with Crippen molar-refractivity contribution in [2.24, 2.45) is 0 Å². The van der Waals surface area contributed by atoms with Gasteiger partial charge in [-0.05, 0) is 33.1 Å². The first kappa shape index (κ1) is 12.2. The van der Waals surface area contributed by atoms with E-state index in [9.17, 15) is 0 Å². The molecule has 0 N–H and O–H groups in total. The fraction of sp³-hybridized carbons (Fsp3) is 0.538. The van der Waals surface area contributed by atoms with Crippen LogP contribution in [0.5, 0.6) is 0 Å². The SMILES string of the molecule is CN(C)CCN(C)CCc1ccccc1. The van der Waals surface area contributed by atoms with Gasteiger partial charge in [-0.1, -0.05) is 30.3 Å². The molecule has 0 aliphatic heterocycles. The van der Waals surface area contributed by atoms with Crippen molar-refractivity contribution < 1.29 is 0 Å². The van der Waals surface area contributed by atoms with Crippen LogP contribution in [0.3, 0.4) is 0 Å². The van der Waals surface area contributed by atoms with Crippen molar-refractivity contribution in [2.75, 3.05) is 40.8 Å². The van der Waals surface area contributed by atoms with Gasteiger partial charge in [-0.25, -0.2) is 0 Å². The normalized spacial score (nSPS) is 11.3. The van der Waals surface area contributed by atoms with Crippen molar-refractivity contribution >= 4 is 0 Å². The summed E-state index contributed by atoms with van der Waals surface area (Å²) in [7, 11) is 6.42. The van der Waals surface area contributed by atoms with Gasteiger partial charge in [0.1, 0.15) is 0 Å². The van der Waals surface area contributed by atoms with Gasteiger partial charge in [-0.3, -0.25) is 0 Å². The van der Waals surface area contributed by atoms with Crippen LogP contribution in [0.4, 0.5) is 0 Å². The molecular formula is C13H22N2. The van der Waals surface area contributed by atoms with E-state index in [-0.39, 0.29) is 0 Å². The quantitative estimate of drug-likeness (QED) is 0.699. The van der Waals surface area contributed by atoms with Gasteiger partial charge in [-0.2, -0.15) is 0 Å². The molecule has 15 heavy (non-hydrogen) atoms. The highest BCUT2D eigenvalue weighted by atomic mass is 15.1. The highest BCUT2D eigenvalue weighted by Crippen LogP contribution is 2.00. The summed E-state index contributed by atoms with van der Waals surface area (Å²) in [5.41, 5.74) is 1.43. The Hall–Kier alpha value is -0.860. The van der Waals surface area contributed by atoms with Crippen molar-refractivity contribution in [3.05, 3.63) is 35.9 Å². The minimum absolute atomic E-state index is 1.13. The zero-order chi connectivity index (χ0) is 11.1. The van der Waals surface area contributed by atoms with E-state index >= 15 is 0 Å². The lowest BCUT2D eigenvalue weighted by molar-refractivity contribution is 0.284. The van der Waals surface area contributed by atoms with Crippen LogP contribution in [-0.4, -0.2) is 50.6 Å². The van der Waals surface area contributed by atoms with Crippen LogP contribution in [0.25, 0.3) is 0 Å². The topological polar surface area (TPSA) is 6.48 Å². The van der Waals surface area contributed by atoms with Crippen LogP contribution in [0.15, 0.2) is 30.3 Å². The van der Waals surface area contributed by atoms with Crippen LogP contribution in [0.1, 0.15) is 5.56 Å². The summed E-state index contributed by atoms with van der Waals surface area (Å²) in [4.78, 5) is 4.60. The highest BCUT2D eigenvalue weighted by Gasteiger charge is 1.99. The standard InChI is InChI=1S/C13H22N2/c1-14(2)11-12-15(3)10-9-13-7-5-4-6-8-13/h4-8H,9-12H2,1-3H3. The third kappa shape index (κ3) is 5.55. The van der Waals surface area contributed by atoms with E-state index in [1.165, 1.54) is 5.56 Å². The molecule has 1 rings (SSSR count). The molecule has 0 radical (unpaired) electrons. The van der Waals surface area contributed by atoms with Gasteiger partial charge in [0.25, 0.3) is 0 Å². The summed E-state index contributed by atoms with van der Waals surface area (Å²) < 4.78 is 0. The van der Waals surface area contributed by atoms with Gasteiger partial charge in [0.05, 0.1) is 0 Å². The second-order valence-corrected chi connectivity index (χ2v) is 4.34. The zero-order valence-corrected chi connectivity index (χ0v) is 10.1. The second kappa shape index (κ2) is 6.59. The lowest BCUT2D eigenvalue weighted by Crippen LogP contribution is -2.30. The Morgan fingerprint density at radius 1 is 0.867 bits per heavy atom. The van der Waals surface area contributed by atoms with E-state index in [0.29, 0.717) is 0 Å². The third-order valence-electron chi connectivity index (χ3n) is 2.55. The predicted molar refractivity (Wildman–Crippen MR) is 66.2 cm³/mol. The molecule has 0 atom stereocenters. The molecule has 1 aromatic carbocycles. The third-order valence-corrected chi connectivity index (χ3v) is 2.55. The van der Waals surface area contributed by atoms with Crippen LogP contribution in [-0.2, 0) is 6.42 Å². The summed E-state index contributed by atoms with van der Waals surface area (Å²) in [6.45, 7) is 3.41. The van der Waals surface area contributed by atoms with Crippen LogP contribution in [0, 0.1) is 0 Å². The molecule has 2 heteroatoms. The smallest absolute Gasteiger partial charge is 0.0106 e. The maximum atomic E-state index is 2.38. The molecule has 0 fully saturated rings. The van der Waals surface area contributed by atoms with Crippen LogP contribution in [0.2, 0.25) is 0 Å². The minimum Gasteiger partial charge on any atom is -0.308 e. The van der Waals surface area contributed by atoms with Crippen molar-refractivity contribution in [2.45, 2.75) is 6.42 Å². The van der Waals surface area contributed by atoms with Gasteiger partial charge in [0.2, 0.25) is 0 Å². The first-order valence-corrected chi connectivity index (χ1v) is 5.55. The number of likely N-dealkylation sites (N-methyl/N-ethyl adjacent to an activating group) is 2. The number of hydrogen-bond acceptors (Lipinski definition) is 2. The van der Waals surface area contributed by atoms with E-state index in [1.807, 2.05) is 0 Å². The number of rotatable bonds is 6. The Morgan fingerprint density at radius 2 is 1.53 bits per heavy atom. The molecule has 0 heterocycles. The summed E-state index contributed by atoms with van der Waals surface area (Å²) in [5.74, 6) is 0. The Morgan fingerprint density at radius 3 is 2.13 bits per heavy atom. The summed E-state index contributed by atoms with van der Waals surface area (Å²) >= 11 is 0. The lowest BCUT2D eigenvalue weighted by Gasteiger charge is -2.19. The number of benzene rings is 1. The van der Waals surface area contributed by atoms with E-state index in [0.717, 1.165) is 26.1 Å². The lowest BCUT2D eigenvalue weighted by atomic mass is 10.1. The van der Waals surface area contributed by atoms with Gasteiger partial charge in [0, 0.05) is 19.6 Å². The molecule has 1 aromatic rings. The maximum Gasteiger partial charge on any atom is 0.0106 e. The van der Waals surface area contributed by atoms with Crippen LogP contribution < -0.4 is 0 Å². The molecule has 0 aliphatic carbocycles. The zero-order valence-electron chi connectivity index (χ0n) is 10.1. The molecule has 0 aliphatic rings. The average Bonchev–Trinajstić information content (AvgIpc) is 2.25. The Kier molecular flexibility index (Phi) is 5.37. The van der Waals surface area contributed by atoms with Crippen molar-refractivity contribution in [1.29, 1.82) is 0 Å². The van der Waals surface area contributed by atoms with Crippen molar-refractivity contribution in [1.82, 2.24) is 9.80 Å².